The minimum absolute atomic E-state index is 0.0224. The zero-order valence-electron chi connectivity index (χ0n) is 23.5. The summed E-state index contributed by atoms with van der Waals surface area (Å²) in [6, 6.07) is 12.1. The first-order chi connectivity index (χ1) is 19.9. The molecular formula is C28H40N2O10S2. The van der Waals surface area contributed by atoms with Gasteiger partial charge < -0.3 is 19.7 Å². The maximum Gasteiger partial charge on any atom is 0.341 e. The molecule has 2 rings (SSSR count). The second-order valence-corrected chi connectivity index (χ2v) is 13.5. The highest BCUT2D eigenvalue weighted by Crippen LogP contribution is 2.19. The molecule has 0 unspecified atom stereocenters. The molecule has 4 N–H and O–H groups in total. The monoisotopic (exact) mass is 628 g/mol. The molecule has 0 spiro atoms. The average molecular weight is 629 g/mol. The van der Waals surface area contributed by atoms with Gasteiger partial charge in [-0.2, -0.15) is 0 Å². The standard InChI is InChI=1S/C28H40N2O10S2/c31-27(32)21-39-25-15-11-23(12-16-25)29-41(35,36)19-9-7-5-3-1-2-4-6-8-10-20-42(37,38)30-24-13-17-26(18-14-24)40-22-28(33)34/h11-18,29-30H,1-10,19-22H2,(H,31,32)(H,33,34). The van der Waals surface area contributed by atoms with Crippen molar-refractivity contribution >= 4 is 43.4 Å². The number of carbonyl (C=O) groups is 2. The number of nitrogens with one attached hydrogen (secondary N) is 2. The van der Waals surface area contributed by atoms with Gasteiger partial charge in [0, 0.05) is 11.4 Å². The molecule has 0 aromatic heterocycles. The first-order valence-corrected chi connectivity index (χ1v) is 17.1. The number of carboxylic acids is 2. The minimum Gasteiger partial charge on any atom is -0.482 e. The SMILES string of the molecule is O=C(O)COc1ccc(NS(=O)(=O)CCCCCCCCCCCCS(=O)(=O)Nc2ccc(OCC(=O)O)cc2)cc1. The van der Waals surface area contributed by atoms with Crippen LogP contribution in [0.2, 0.25) is 0 Å². The largest absolute Gasteiger partial charge is 0.482 e. The Bertz CT molecular complexity index is 1210. The molecule has 0 radical (unpaired) electrons. The van der Waals surface area contributed by atoms with Crippen LogP contribution in [0.5, 0.6) is 11.5 Å². The first kappa shape index (κ1) is 34.7. The Balaban J connectivity index is 1.47. The third-order valence-electron chi connectivity index (χ3n) is 6.06. The summed E-state index contributed by atoms with van der Waals surface area (Å²) < 4.78 is 64.2. The number of carboxylic acid groups (broad SMARTS) is 2. The zero-order chi connectivity index (χ0) is 30.8. The number of rotatable bonds is 23. The van der Waals surface area contributed by atoms with Crippen molar-refractivity contribution in [3.63, 3.8) is 0 Å². The molecule has 0 bridgehead atoms. The molecule has 0 atom stereocenters. The van der Waals surface area contributed by atoms with Crippen LogP contribution in [-0.4, -0.2) is 63.7 Å². The zero-order valence-corrected chi connectivity index (χ0v) is 25.1. The molecule has 0 saturated carbocycles. The molecule has 234 valence electrons. The molecule has 0 heterocycles. The van der Waals surface area contributed by atoms with Gasteiger partial charge in [0.25, 0.3) is 0 Å². The number of benzene rings is 2. The van der Waals surface area contributed by atoms with Crippen molar-refractivity contribution in [2.45, 2.75) is 64.2 Å². The highest BCUT2D eigenvalue weighted by Gasteiger charge is 2.12. The van der Waals surface area contributed by atoms with Crippen LogP contribution in [0.25, 0.3) is 0 Å². The van der Waals surface area contributed by atoms with E-state index in [1.807, 2.05) is 0 Å². The number of unbranched alkanes of at least 4 members (excludes halogenated alkanes) is 9. The van der Waals surface area contributed by atoms with Crippen LogP contribution < -0.4 is 18.9 Å². The molecule has 42 heavy (non-hydrogen) atoms. The van der Waals surface area contributed by atoms with E-state index in [4.69, 9.17) is 19.7 Å². The van der Waals surface area contributed by atoms with Gasteiger partial charge in [0.2, 0.25) is 20.0 Å². The molecule has 2 aromatic carbocycles. The van der Waals surface area contributed by atoms with Gasteiger partial charge in [-0.15, -0.1) is 0 Å². The molecule has 0 aliphatic rings. The highest BCUT2D eigenvalue weighted by molar-refractivity contribution is 7.92. The fraction of sp³-hybridized carbons (Fsp3) is 0.500. The lowest BCUT2D eigenvalue weighted by Gasteiger charge is -2.09. The van der Waals surface area contributed by atoms with Crippen molar-refractivity contribution in [3.8, 4) is 11.5 Å². The lowest BCUT2D eigenvalue weighted by molar-refractivity contribution is -0.140. The van der Waals surface area contributed by atoms with E-state index in [1.165, 1.54) is 48.5 Å². The second-order valence-electron chi connectivity index (χ2n) is 9.79. The van der Waals surface area contributed by atoms with E-state index in [9.17, 15) is 26.4 Å². The minimum atomic E-state index is -3.47. The summed E-state index contributed by atoms with van der Waals surface area (Å²) in [5.41, 5.74) is 0.784. The smallest absolute Gasteiger partial charge is 0.341 e. The number of hydrogen-bond acceptors (Lipinski definition) is 8. The number of ether oxygens (including phenoxy) is 2. The predicted molar refractivity (Wildman–Crippen MR) is 160 cm³/mol. The maximum atomic E-state index is 12.3. The van der Waals surface area contributed by atoms with Gasteiger partial charge in [-0.1, -0.05) is 51.4 Å². The van der Waals surface area contributed by atoms with E-state index >= 15 is 0 Å². The summed E-state index contributed by atoms with van der Waals surface area (Å²) >= 11 is 0. The van der Waals surface area contributed by atoms with Crippen LogP contribution in [0.1, 0.15) is 64.2 Å². The Morgan fingerprint density at radius 2 is 0.810 bits per heavy atom. The Hall–Kier alpha value is -3.52. The third-order valence-corrected chi connectivity index (χ3v) is 8.80. The van der Waals surface area contributed by atoms with Gasteiger partial charge in [0.1, 0.15) is 11.5 Å². The molecule has 0 amide bonds. The van der Waals surface area contributed by atoms with Crippen LogP contribution in [0.15, 0.2) is 48.5 Å². The molecular weight excluding hydrogens is 588 g/mol. The third kappa shape index (κ3) is 16.1. The van der Waals surface area contributed by atoms with E-state index in [0.717, 1.165) is 51.4 Å². The molecule has 0 saturated heterocycles. The maximum absolute atomic E-state index is 12.3. The fourth-order valence-corrected chi connectivity index (χ4v) is 6.35. The van der Waals surface area contributed by atoms with Crippen LogP contribution >= 0.6 is 0 Å². The quantitative estimate of drug-likeness (QED) is 0.126. The molecule has 2 aromatic rings. The van der Waals surface area contributed by atoms with E-state index in [0.29, 0.717) is 35.7 Å². The number of anilines is 2. The van der Waals surface area contributed by atoms with Crippen molar-refractivity contribution in [1.82, 2.24) is 0 Å². The topological polar surface area (TPSA) is 185 Å². The van der Waals surface area contributed by atoms with Gasteiger partial charge in [0.05, 0.1) is 11.5 Å². The molecule has 0 aliphatic heterocycles. The van der Waals surface area contributed by atoms with Crippen molar-refractivity contribution in [2.24, 2.45) is 0 Å². The van der Waals surface area contributed by atoms with Crippen molar-refractivity contribution in [3.05, 3.63) is 48.5 Å². The molecule has 14 heteroatoms. The van der Waals surface area contributed by atoms with E-state index in [-0.39, 0.29) is 11.5 Å². The van der Waals surface area contributed by atoms with E-state index in [2.05, 4.69) is 9.44 Å². The van der Waals surface area contributed by atoms with Gasteiger partial charge in [0.15, 0.2) is 13.2 Å². The van der Waals surface area contributed by atoms with Gasteiger partial charge in [-0.3, -0.25) is 9.44 Å². The number of hydrogen-bond donors (Lipinski definition) is 4. The Morgan fingerprint density at radius 1 is 0.524 bits per heavy atom. The van der Waals surface area contributed by atoms with Crippen molar-refractivity contribution < 1.29 is 46.1 Å². The molecule has 0 fully saturated rings. The Labute approximate surface area is 247 Å². The van der Waals surface area contributed by atoms with Gasteiger partial charge in [-0.25, -0.2) is 26.4 Å². The van der Waals surface area contributed by atoms with Gasteiger partial charge >= 0.3 is 11.9 Å². The van der Waals surface area contributed by atoms with Crippen LogP contribution in [0, 0.1) is 0 Å². The highest BCUT2D eigenvalue weighted by atomic mass is 32.2. The van der Waals surface area contributed by atoms with Crippen LogP contribution in [-0.2, 0) is 29.6 Å². The van der Waals surface area contributed by atoms with E-state index < -0.39 is 45.2 Å². The summed E-state index contributed by atoms with van der Waals surface area (Å²) in [7, 11) is -6.95. The number of aliphatic carboxylic acids is 2. The summed E-state index contributed by atoms with van der Waals surface area (Å²) in [5, 5.41) is 17.2. The van der Waals surface area contributed by atoms with Crippen molar-refractivity contribution in [1.29, 1.82) is 0 Å². The normalized spacial score (nSPS) is 11.5. The summed E-state index contributed by atoms with van der Waals surface area (Å²) in [4.78, 5) is 21.1. The second kappa shape index (κ2) is 18.1. The predicted octanol–water partition coefficient (Wildman–Crippen LogP) is 4.70. The number of sulfonamides is 2. The molecule has 0 aliphatic carbocycles. The van der Waals surface area contributed by atoms with E-state index in [1.54, 1.807) is 0 Å². The molecule has 12 nitrogen and oxygen atoms in total. The average Bonchev–Trinajstić information content (AvgIpc) is 2.92. The van der Waals surface area contributed by atoms with Crippen molar-refractivity contribution in [2.75, 3.05) is 34.2 Å². The Morgan fingerprint density at radius 3 is 1.10 bits per heavy atom. The van der Waals surface area contributed by atoms with Gasteiger partial charge in [-0.05, 0) is 61.4 Å². The lowest BCUT2D eigenvalue weighted by atomic mass is 10.1. The summed E-state index contributed by atoms with van der Waals surface area (Å²) in [6.07, 6.45) is 8.76. The summed E-state index contributed by atoms with van der Waals surface area (Å²) in [6.45, 7) is -0.934. The lowest BCUT2D eigenvalue weighted by Crippen LogP contribution is -2.16. The Kier molecular flexibility index (Phi) is 15.0. The van der Waals surface area contributed by atoms with Crippen LogP contribution in [0.4, 0.5) is 11.4 Å². The summed E-state index contributed by atoms with van der Waals surface area (Å²) in [5.74, 6) is -1.46. The first-order valence-electron chi connectivity index (χ1n) is 13.8. The fourth-order valence-electron chi connectivity index (χ4n) is 3.99. The van der Waals surface area contributed by atoms with Crippen LogP contribution in [0.3, 0.4) is 0 Å².